The molecule has 0 spiro atoms. The highest BCUT2D eigenvalue weighted by molar-refractivity contribution is 7.11. The standard InChI is InChI=1S/C12H17NO2S/c1-2-15-12(14)11-13-10(8-16-11)9-6-4-3-5-7-9/h8-9H,2-7H2,1H3. The number of rotatable bonds is 3. The Hall–Kier alpha value is -0.900. The van der Waals surface area contributed by atoms with Crippen molar-refractivity contribution in [2.75, 3.05) is 6.61 Å². The number of hydrogen-bond donors (Lipinski definition) is 0. The molecule has 0 bridgehead atoms. The summed E-state index contributed by atoms with van der Waals surface area (Å²) >= 11 is 1.41. The molecule has 0 atom stereocenters. The van der Waals surface area contributed by atoms with Gasteiger partial charge in [0.1, 0.15) is 0 Å². The summed E-state index contributed by atoms with van der Waals surface area (Å²) in [6, 6.07) is 0. The van der Waals surface area contributed by atoms with Crippen LogP contribution < -0.4 is 0 Å². The van der Waals surface area contributed by atoms with Crippen molar-refractivity contribution in [3.63, 3.8) is 0 Å². The van der Waals surface area contributed by atoms with Crippen LogP contribution in [0.4, 0.5) is 0 Å². The SMILES string of the molecule is CCOC(=O)c1nc(C2CCCCC2)cs1. The number of carbonyl (C=O) groups excluding carboxylic acids is 1. The Kier molecular flexibility index (Phi) is 3.93. The van der Waals surface area contributed by atoms with Crippen LogP contribution in [-0.4, -0.2) is 17.6 Å². The first-order valence-electron chi connectivity index (χ1n) is 5.93. The smallest absolute Gasteiger partial charge is 0.367 e. The minimum absolute atomic E-state index is 0.283. The maximum absolute atomic E-state index is 11.5. The van der Waals surface area contributed by atoms with Crippen LogP contribution >= 0.6 is 11.3 Å². The van der Waals surface area contributed by atoms with Gasteiger partial charge in [-0.15, -0.1) is 11.3 Å². The number of esters is 1. The molecule has 0 unspecified atom stereocenters. The van der Waals surface area contributed by atoms with Crippen molar-refractivity contribution in [2.24, 2.45) is 0 Å². The van der Waals surface area contributed by atoms with Crippen molar-refractivity contribution in [1.29, 1.82) is 0 Å². The molecule has 0 aliphatic heterocycles. The van der Waals surface area contributed by atoms with E-state index in [0.717, 1.165) is 5.69 Å². The Balaban J connectivity index is 2.03. The second kappa shape index (κ2) is 5.43. The lowest BCUT2D eigenvalue weighted by molar-refractivity contribution is 0.0525. The van der Waals surface area contributed by atoms with E-state index in [9.17, 15) is 4.79 Å². The van der Waals surface area contributed by atoms with E-state index in [4.69, 9.17) is 4.74 Å². The first kappa shape index (κ1) is 11.6. The summed E-state index contributed by atoms with van der Waals surface area (Å²) in [6.45, 7) is 2.23. The monoisotopic (exact) mass is 239 g/mol. The maximum Gasteiger partial charge on any atom is 0.367 e. The Morgan fingerprint density at radius 3 is 2.94 bits per heavy atom. The van der Waals surface area contributed by atoms with Gasteiger partial charge in [-0.2, -0.15) is 0 Å². The zero-order chi connectivity index (χ0) is 11.4. The molecular weight excluding hydrogens is 222 g/mol. The fourth-order valence-corrected chi connectivity index (χ4v) is 2.95. The molecule has 16 heavy (non-hydrogen) atoms. The molecule has 0 aromatic carbocycles. The van der Waals surface area contributed by atoms with Gasteiger partial charge in [-0.1, -0.05) is 19.3 Å². The average Bonchev–Trinajstić information content (AvgIpc) is 2.80. The summed E-state index contributed by atoms with van der Waals surface area (Å²) in [5.74, 6) is 0.280. The van der Waals surface area contributed by atoms with Crippen LogP contribution in [-0.2, 0) is 4.74 Å². The number of ether oxygens (including phenoxy) is 1. The van der Waals surface area contributed by atoms with Crippen LogP contribution in [0.15, 0.2) is 5.38 Å². The highest BCUT2D eigenvalue weighted by Gasteiger charge is 2.20. The fraction of sp³-hybridized carbons (Fsp3) is 0.667. The minimum atomic E-state index is -0.283. The van der Waals surface area contributed by atoms with Gasteiger partial charge < -0.3 is 4.74 Å². The molecule has 1 aliphatic carbocycles. The fourth-order valence-electron chi connectivity index (χ4n) is 2.16. The summed E-state index contributed by atoms with van der Waals surface area (Å²) < 4.78 is 4.94. The summed E-state index contributed by atoms with van der Waals surface area (Å²) in [4.78, 5) is 15.9. The Morgan fingerprint density at radius 2 is 2.25 bits per heavy atom. The van der Waals surface area contributed by atoms with Crippen molar-refractivity contribution in [3.05, 3.63) is 16.1 Å². The normalized spacial score (nSPS) is 17.3. The van der Waals surface area contributed by atoms with Crippen molar-refractivity contribution >= 4 is 17.3 Å². The van der Waals surface area contributed by atoms with Crippen molar-refractivity contribution < 1.29 is 9.53 Å². The Bertz CT molecular complexity index is 356. The first-order valence-corrected chi connectivity index (χ1v) is 6.81. The molecule has 4 heteroatoms. The number of carbonyl (C=O) groups is 1. The van der Waals surface area contributed by atoms with Crippen LogP contribution in [0, 0.1) is 0 Å². The topological polar surface area (TPSA) is 39.2 Å². The van der Waals surface area contributed by atoms with Gasteiger partial charge >= 0.3 is 5.97 Å². The summed E-state index contributed by atoms with van der Waals surface area (Å²) in [5.41, 5.74) is 1.09. The van der Waals surface area contributed by atoms with Gasteiger partial charge in [-0.05, 0) is 19.8 Å². The molecule has 0 amide bonds. The third kappa shape index (κ3) is 2.61. The molecule has 1 aromatic heterocycles. The van der Waals surface area contributed by atoms with E-state index < -0.39 is 0 Å². The van der Waals surface area contributed by atoms with Gasteiger partial charge in [-0.25, -0.2) is 9.78 Å². The Morgan fingerprint density at radius 1 is 1.50 bits per heavy atom. The van der Waals surface area contributed by atoms with Gasteiger partial charge in [0.2, 0.25) is 5.01 Å². The largest absolute Gasteiger partial charge is 0.461 e. The highest BCUT2D eigenvalue weighted by Crippen LogP contribution is 2.33. The molecule has 1 aromatic rings. The maximum atomic E-state index is 11.5. The summed E-state index contributed by atoms with van der Waals surface area (Å²) in [7, 11) is 0. The quantitative estimate of drug-likeness (QED) is 0.759. The van der Waals surface area contributed by atoms with Crippen molar-refractivity contribution in [1.82, 2.24) is 4.98 Å². The predicted molar refractivity (Wildman–Crippen MR) is 63.9 cm³/mol. The van der Waals surface area contributed by atoms with Crippen molar-refractivity contribution in [2.45, 2.75) is 44.9 Å². The molecule has 1 saturated carbocycles. The van der Waals surface area contributed by atoms with Gasteiger partial charge in [0, 0.05) is 11.3 Å². The van der Waals surface area contributed by atoms with E-state index >= 15 is 0 Å². The lowest BCUT2D eigenvalue weighted by atomic mass is 9.87. The molecule has 88 valence electrons. The van der Waals surface area contributed by atoms with Crippen LogP contribution in [0.2, 0.25) is 0 Å². The van der Waals surface area contributed by atoms with E-state index in [1.807, 2.05) is 12.3 Å². The lowest BCUT2D eigenvalue weighted by Gasteiger charge is -2.19. The first-order chi connectivity index (χ1) is 7.81. The molecule has 1 heterocycles. The second-order valence-electron chi connectivity index (χ2n) is 4.13. The van der Waals surface area contributed by atoms with E-state index in [0.29, 0.717) is 17.5 Å². The van der Waals surface area contributed by atoms with Gasteiger partial charge in [0.05, 0.1) is 12.3 Å². The highest BCUT2D eigenvalue weighted by atomic mass is 32.1. The van der Waals surface area contributed by atoms with Crippen LogP contribution in [0.25, 0.3) is 0 Å². The van der Waals surface area contributed by atoms with Crippen LogP contribution in [0.1, 0.15) is 60.4 Å². The number of nitrogens with zero attached hydrogens (tertiary/aromatic N) is 1. The van der Waals surface area contributed by atoms with E-state index in [2.05, 4.69) is 4.98 Å². The molecule has 2 rings (SSSR count). The molecule has 0 N–H and O–H groups in total. The van der Waals surface area contributed by atoms with Gasteiger partial charge in [0.15, 0.2) is 0 Å². The number of thiazole rings is 1. The average molecular weight is 239 g/mol. The van der Waals surface area contributed by atoms with E-state index in [1.54, 1.807) is 0 Å². The number of aromatic nitrogens is 1. The van der Waals surface area contributed by atoms with E-state index in [-0.39, 0.29) is 5.97 Å². The number of hydrogen-bond acceptors (Lipinski definition) is 4. The zero-order valence-corrected chi connectivity index (χ0v) is 10.4. The molecule has 3 nitrogen and oxygen atoms in total. The molecular formula is C12H17NO2S. The Labute approximate surface area is 99.8 Å². The molecule has 1 aliphatic rings. The summed E-state index contributed by atoms with van der Waals surface area (Å²) in [5, 5.41) is 2.52. The van der Waals surface area contributed by atoms with Gasteiger partial charge in [0.25, 0.3) is 0 Å². The van der Waals surface area contributed by atoms with Gasteiger partial charge in [-0.3, -0.25) is 0 Å². The second-order valence-corrected chi connectivity index (χ2v) is 4.99. The van der Waals surface area contributed by atoms with Crippen molar-refractivity contribution in [3.8, 4) is 0 Å². The third-order valence-corrected chi connectivity index (χ3v) is 3.84. The molecule has 0 radical (unpaired) electrons. The predicted octanol–water partition coefficient (Wildman–Crippen LogP) is 3.37. The minimum Gasteiger partial charge on any atom is -0.461 e. The zero-order valence-electron chi connectivity index (χ0n) is 9.57. The molecule has 1 fully saturated rings. The lowest BCUT2D eigenvalue weighted by Crippen LogP contribution is -2.07. The van der Waals surface area contributed by atoms with E-state index in [1.165, 1.54) is 43.4 Å². The van der Waals surface area contributed by atoms with Crippen LogP contribution in [0.3, 0.4) is 0 Å². The van der Waals surface area contributed by atoms with Crippen LogP contribution in [0.5, 0.6) is 0 Å². The summed E-state index contributed by atoms with van der Waals surface area (Å²) in [6.07, 6.45) is 6.34. The third-order valence-electron chi connectivity index (χ3n) is 3.00. The molecule has 0 saturated heterocycles.